The zero-order chi connectivity index (χ0) is 15.3. The van der Waals surface area contributed by atoms with Gasteiger partial charge in [0, 0.05) is 0 Å². The van der Waals surface area contributed by atoms with E-state index in [-0.39, 0.29) is 37.2 Å². The Kier molecular flexibility index (Phi) is 14.2. The molecule has 1 unspecified atom stereocenters. The molecule has 0 saturated carbocycles. The van der Waals surface area contributed by atoms with Crippen LogP contribution in [0.1, 0.15) is 46.0 Å². The Bertz CT molecular complexity index is 543. The van der Waals surface area contributed by atoms with Crippen molar-refractivity contribution in [3.05, 3.63) is 51.1 Å². The first kappa shape index (κ1) is 26.7. The molecule has 1 aliphatic rings. The van der Waals surface area contributed by atoms with Gasteiger partial charge in [0.15, 0.2) is 0 Å². The molecule has 1 atom stereocenters. The predicted molar refractivity (Wildman–Crippen MR) is 92.0 cm³/mol. The smallest absolute Gasteiger partial charge is 1.00 e. The number of allylic oxidation sites excluding steroid dienone is 4. The Hall–Kier alpha value is 0.501. The molecular weight excluding hydrogens is 411 g/mol. The van der Waals surface area contributed by atoms with Crippen molar-refractivity contribution in [2.45, 2.75) is 58.5 Å². The third-order valence-electron chi connectivity index (χ3n) is 4.74. The summed E-state index contributed by atoms with van der Waals surface area (Å²) in [5.74, 6) is 0. The molecule has 5 heteroatoms. The van der Waals surface area contributed by atoms with Crippen LogP contribution in [0.25, 0.3) is 0 Å². The minimum Gasteiger partial charge on any atom is -1.00 e. The van der Waals surface area contributed by atoms with Crippen LogP contribution >= 0.6 is 0 Å². The molecule has 2 rings (SSSR count). The van der Waals surface area contributed by atoms with Gasteiger partial charge in [-0.3, -0.25) is 0 Å². The minimum absolute atomic E-state index is 0. The monoisotopic (exact) mass is 436 g/mol. The molecule has 24 heavy (non-hydrogen) atoms. The van der Waals surface area contributed by atoms with E-state index < -0.39 is 8.07 Å². The molecule has 1 aliphatic carbocycles. The molecule has 0 bridgehead atoms. The van der Waals surface area contributed by atoms with E-state index in [1.54, 1.807) is 19.8 Å². The van der Waals surface area contributed by atoms with Crippen molar-refractivity contribution in [3.8, 4) is 0 Å². The van der Waals surface area contributed by atoms with Gasteiger partial charge in [-0.2, -0.15) is 0 Å². The van der Waals surface area contributed by atoms with Gasteiger partial charge in [-0.25, -0.2) is 0 Å². The molecule has 0 amide bonds. The van der Waals surface area contributed by atoms with Crippen molar-refractivity contribution < 1.29 is 57.7 Å². The van der Waals surface area contributed by atoms with Gasteiger partial charge in [0.1, 0.15) is 0 Å². The predicted octanol–water partition coefficient (Wildman–Crippen LogP) is -3.75. The van der Waals surface area contributed by atoms with E-state index >= 15 is 0 Å². The van der Waals surface area contributed by atoms with Gasteiger partial charge in [-0.05, 0) is 0 Å². The van der Waals surface area contributed by atoms with Crippen LogP contribution in [0.15, 0.2) is 51.1 Å². The Balaban J connectivity index is 0. The number of hydrogen-bond acceptors (Lipinski definition) is 0. The molecule has 0 fully saturated rings. The van der Waals surface area contributed by atoms with Crippen LogP contribution in [0.5, 0.6) is 0 Å². The first-order chi connectivity index (χ1) is 10.1. The third kappa shape index (κ3) is 6.04. The van der Waals surface area contributed by atoms with E-state index in [4.69, 9.17) is 0 Å². The minimum atomic E-state index is -1.55. The SMILES string of the molecule is CCCC[Si](C)(C1=CC[C]([Ti+3])=C1CCC)c1ccccc1.[Cl-].[Cl-].[Cl-]. The van der Waals surface area contributed by atoms with Crippen LogP contribution in [0.2, 0.25) is 12.6 Å². The number of hydrogen-bond donors (Lipinski definition) is 0. The van der Waals surface area contributed by atoms with Crippen LogP contribution in [0.4, 0.5) is 0 Å². The normalized spacial score (nSPS) is 15.6. The summed E-state index contributed by atoms with van der Waals surface area (Å²) >= 11 is 2.34. The zero-order valence-corrected chi connectivity index (χ0v) is 19.7. The van der Waals surface area contributed by atoms with Gasteiger partial charge in [-0.1, -0.05) is 0 Å². The summed E-state index contributed by atoms with van der Waals surface area (Å²) in [5.41, 5.74) is 1.70. The Morgan fingerprint density at radius 3 is 2.17 bits per heavy atom. The maximum Gasteiger partial charge on any atom is -1.00 e. The van der Waals surface area contributed by atoms with Gasteiger partial charge < -0.3 is 37.2 Å². The Morgan fingerprint density at radius 1 is 1.00 bits per heavy atom. The van der Waals surface area contributed by atoms with Crippen LogP contribution < -0.4 is 42.4 Å². The summed E-state index contributed by atoms with van der Waals surface area (Å²) < 4.78 is 1.62. The van der Waals surface area contributed by atoms with Crippen molar-refractivity contribution in [1.82, 2.24) is 0 Å². The molecule has 0 heterocycles. The summed E-state index contributed by atoms with van der Waals surface area (Å²) in [7, 11) is -1.55. The molecular formula is C19H27Cl3SiTi. The summed E-state index contributed by atoms with van der Waals surface area (Å²) in [6.07, 6.45) is 8.93. The molecule has 132 valence electrons. The van der Waals surface area contributed by atoms with Gasteiger partial charge in [0.2, 0.25) is 0 Å². The van der Waals surface area contributed by atoms with Crippen molar-refractivity contribution >= 4 is 13.3 Å². The van der Waals surface area contributed by atoms with Crippen LogP contribution in [-0.4, -0.2) is 8.07 Å². The number of rotatable bonds is 7. The van der Waals surface area contributed by atoms with Crippen LogP contribution in [-0.2, 0) is 20.4 Å². The third-order valence-corrected chi connectivity index (χ3v) is 10.2. The average molecular weight is 438 g/mol. The second kappa shape index (κ2) is 12.8. The summed E-state index contributed by atoms with van der Waals surface area (Å²) in [4.78, 5) is 0. The first-order valence-corrected chi connectivity index (χ1v) is 11.8. The number of halogens is 3. The topological polar surface area (TPSA) is 0 Å². The van der Waals surface area contributed by atoms with Crippen molar-refractivity contribution in [3.63, 3.8) is 0 Å². The molecule has 0 spiro atoms. The summed E-state index contributed by atoms with van der Waals surface area (Å²) in [6, 6.07) is 12.7. The van der Waals surface area contributed by atoms with Crippen LogP contribution in [0.3, 0.4) is 0 Å². The van der Waals surface area contributed by atoms with E-state index in [9.17, 15) is 0 Å². The standard InChI is InChI=1S/C19H27Si.3ClH.Ti/c1-4-6-16-20(3,18-13-8-7-9-14-18)19-15-10-12-17(19)11-5-2;;;;/h7-9,13-15H,4-6,10-11,16H2,1-3H3;3*1H;/q;;;;+3/p-3. The zero-order valence-electron chi connectivity index (χ0n) is 14.8. The fraction of sp³-hybridized carbons (Fsp3) is 0.474. The van der Waals surface area contributed by atoms with Gasteiger partial charge >= 0.3 is 143 Å². The maximum absolute atomic E-state index is 2.60. The average Bonchev–Trinajstić information content (AvgIpc) is 2.88. The molecule has 0 radical (unpaired) electrons. The quantitative estimate of drug-likeness (QED) is 0.385. The van der Waals surface area contributed by atoms with Crippen molar-refractivity contribution in [2.75, 3.05) is 0 Å². The molecule has 0 aliphatic heterocycles. The van der Waals surface area contributed by atoms with E-state index in [1.165, 1.54) is 38.1 Å². The van der Waals surface area contributed by atoms with Gasteiger partial charge in [0.05, 0.1) is 0 Å². The molecule has 0 N–H and O–H groups in total. The molecule has 0 aromatic heterocycles. The molecule has 1 aromatic rings. The first-order valence-electron chi connectivity index (χ1n) is 8.33. The van der Waals surface area contributed by atoms with E-state index in [2.05, 4.69) is 77.2 Å². The fourth-order valence-electron chi connectivity index (χ4n) is 3.48. The Labute approximate surface area is 179 Å². The molecule has 0 saturated heterocycles. The Morgan fingerprint density at radius 2 is 1.62 bits per heavy atom. The molecule has 1 aromatic carbocycles. The van der Waals surface area contributed by atoms with E-state index in [0.29, 0.717) is 0 Å². The number of benzene rings is 1. The van der Waals surface area contributed by atoms with Crippen LogP contribution in [0, 0.1) is 0 Å². The van der Waals surface area contributed by atoms with Gasteiger partial charge in [-0.15, -0.1) is 0 Å². The fourth-order valence-corrected chi connectivity index (χ4v) is 8.59. The summed E-state index contributed by atoms with van der Waals surface area (Å²) in [6.45, 7) is 7.22. The number of unbranched alkanes of at least 4 members (excludes halogenated alkanes) is 1. The largest absolute Gasteiger partial charge is 1.00 e. The van der Waals surface area contributed by atoms with E-state index in [1.807, 2.05) is 0 Å². The van der Waals surface area contributed by atoms with E-state index in [0.717, 1.165) is 0 Å². The second-order valence-corrected chi connectivity index (χ2v) is 11.6. The molecule has 0 nitrogen and oxygen atoms in total. The van der Waals surface area contributed by atoms with Crippen molar-refractivity contribution in [2.24, 2.45) is 0 Å². The second-order valence-electron chi connectivity index (χ2n) is 6.33. The summed E-state index contributed by atoms with van der Waals surface area (Å²) in [5, 5.41) is 3.37. The maximum atomic E-state index is 2.60. The van der Waals surface area contributed by atoms with Crippen molar-refractivity contribution in [1.29, 1.82) is 0 Å². The van der Waals surface area contributed by atoms with Gasteiger partial charge in [0.25, 0.3) is 0 Å².